The number of carbonyl (C=O) groups excluding carboxylic acids is 1. The number of fused-ring (bicyclic) bond motifs is 3. The summed E-state index contributed by atoms with van der Waals surface area (Å²) in [6, 6.07) is 17.3. The van der Waals surface area contributed by atoms with Crippen molar-refractivity contribution >= 4 is 28.1 Å². The number of piperazine rings is 1. The zero-order valence-electron chi connectivity index (χ0n) is 26.6. The number of hydrogen-bond donors (Lipinski definition) is 0. The Balaban J connectivity index is 1.21. The molecule has 4 aliphatic rings. The minimum absolute atomic E-state index is 0.169. The topological polar surface area (TPSA) is 99.7 Å². The summed E-state index contributed by atoms with van der Waals surface area (Å²) < 4.78 is 6.37. The van der Waals surface area contributed by atoms with E-state index < -0.39 is 0 Å². The fourth-order valence-corrected chi connectivity index (χ4v) is 7.94. The third-order valence-electron chi connectivity index (χ3n) is 10.3. The van der Waals surface area contributed by atoms with Crippen molar-refractivity contribution in [3.63, 3.8) is 0 Å². The molecule has 4 heterocycles. The van der Waals surface area contributed by atoms with Gasteiger partial charge in [-0.1, -0.05) is 36.9 Å². The van der Waals surface area contributed by atoms with Crippen LogP contribution in [0.1, 0.15) is 41.6 Å². The number of pyridine rings is 1. The number of anilines is 2. The normalized spacial score (nSPS) is 22.2. The monoisotopic (exact) mass is 615 g/mol. The van der Waals surface area contributed by atoms with E-state index in [0.717, 1.165) is 54.7 Å². The van der Waals surface area contributed by atoms with Crippen LogP contribution in [0.2, 0.25) is 0 Å². The Morgan fingerprint density at radius 2 is 1.89 bits per heavy atom. The first-order valence-electron chi connectivity index (χ1n) is 16.6. The molecule has 9 heteroatoms. The minimum Gasteiger partial charge on any atom is -0.477 e. The maximum atomic E-state index is 12.6. The van der Waals surface area contributed by atoms with Gasteiger partial charge >= 0.3 is 0 Å². The van der Waals surface area contributed by atoms with Gasteiger partial charge < -0.3 is 24.3 Å². The molecule has 3 aromatic rings. The summed E-state index contributed by atoms with van der Waals surface area (Å²) in [7, 11) is 0. The van der Waals surface area contributed by atoms with Crippen LogP contribution in [0.15, 0.2) is 49.1 Å². The van der Waals surface area contributed by atoms with Crippen molar-refractivity contribution in [3.05, 3.63) is 71.4 Å². The van der Waals surface area contributed by atoms with Crippen molar-refractivity contribution < 1.29 is 9.53 Å². The van der Waals surface area contributed by atoms with Gasteiger partial charge in [0.15, 0.2) is 0 Å². The number of benzene rings is 2. The number of hydrogen-bond acceptors (Lipinski definition) is 8. The first-order chi connectivity index (χ1) is 22.5. The number of piperidine rings is 1. The summed E-state index contributed by atoms with van der Waals surface area (Å²) in [4.78, 5) is 26.5. The molecule has 1 aromatic heterocycles. The molecule has 0 N–H and O–H groups in total. The zero-order chi connectivity index (χ0) is 31.8. The molecule has 9 nitrogen and oxygen atoms in total. The van der Waals surface area contributed by atoms with Gasteiger partial charge in [-0.2, -0.15) is 10.5 Å². The number of carbonyl (C=O) groups is 1. The van der Waals surface area contributed by atoms with E-state index in [1.807, 2.05) is 0 Å². The third-order valence-corrected chi connectivity index (χ3v) is 10.3. The molecule has 46 heavy (non-hydrogen) atoms. The van der Waals surface area contributed by atoms with Gasteiger partial charge in [0, 0.05) is 62.5 Å². The predicted octanol–water partition coefficient (Wildman–Crippen LogP) is 4.82. The summed E-state index contributed by atoms with van der Waals surface area (Å²) >= 11 is 0. The van der Waals surface area contributed by atoms with E-state index >= 15 is 0 Å². The van der Waals surface area contributed by atoms with Crippen molar-refractivity contribution in [1.29, 1.82) is 10.5 Å². The molecule has 0 spiro atoms. The van der Waals surface area contributed by atoms with Gasteiger partial charge in [-0.15, -0.1) is 0 Å². The van der Waals surface area contributed by atoms with Gasteiger partial charge in [-0.25, -0.2) is 4.98 Å². The number of nitriles is 2. The summed E-state index contributed by atoms with van der Waals surface area (Å²) in [5.41, 5.74) is 5.71. The smallest absolute Gasteiger partial charge is 0.246 e. The molecule has 7 rings (SSSR count). The molecule has 2 unspecified atom stereocenters. The zero-order valence-corrected chi connectivity index (χ0v) is 26.6. The van der Waals surface area contributed by atoms with Gasteiger partial charge in [0.25, 0.3) is 0 Å². The van der Waals surface area contributed by atoms with Crippen LogP contribution >= 0.6 is 0 Å². The van der Waals surface area contributed by atoms with Gasteiger partial charge in [-0.05, 0) is 61.1 Å². The van der Waals surface area contributed by atoms with E-state index in [-0.39, 0.29) is 18.4 Å². The maximum absolute atomic E-state index is 12.6. The Bertz CT molecular complexity index is 1740. The minimum atomic E-state index is -0.297. The summed E-state index contributed by atoms with van der Waals surface area (Å²) in [5.74, 6) is 2.02. The van der Waals surface area contributed by atoms with Gasteiger partial charge in [0.1, 0.15) is 11.6 Å². The fraction of sp³-hybridized carbons (Fsp3) is 0.459. The van der Waals surface area contributed by atoms with Crippen molar-refractivity contribution in [2.75, 3.05) is 62.2 Å². The molecule has 1 aliphatic carbocycles. The Morgan fingerprint density at radius 1 is 1.09 bits per heavy atom. The highest BCUT2D eigenvalue weighted by molar-refractivity contribution is 5.97. The molecule has 2 aromatic carbocycles. The highest BCUT2D eigenvalue weighted by Gasteiger charge is 2.44. The van der Waals surface area contributed by atoms with Crippen LogP contribution in [-0.4, -0.2) is 79.2 Å². The van der Waals surface area contributed by atoms with Crippen molar-refractivity contribution in [2.45, 2.75) is 45.2 Å². The van der Waals surface area contributed by atoms with E-state index in [1.165, 1.54) is 47.6 Å². The average Bonchev–Trinajstić information content (AvgIpc) is 3.69. The molecule has 0 bridgehead atoms. The molecule has 2 saturated heterocycles. The summed E-state index contributed by atoms with van der Waals surface area (Å²) in [6.45, 7) is 12.6. The average molecular weight is 616 g/mol. The Morgan fingerprint density at radius 3 is 2.65 bits per heavy atom. The second-order valence-corrected chi connectivity index (χ2v) is 13.2. The number of ether oxygens (including phenoxy) is 1. The second kappa shape index (κ2) is 12.7. The number of rotatable bonds is 9. The van der Waals surface area contributed by atoms with Gasteiger partial charge in [-0.3, -0.25) is 4.79 Å². The third kappa shape index (κ3) is 5.65. The molecule has 3 aliphatic heterocycles. The summed E-state index contributed by atoms with van der Waals surface area (Å²) in [5, 5.41) is 22.6. The SMILES string of the molecule is C=CC(=O)N1CCN(c2c(C#N)c(OCCCN3CC4CC4C3)nc3c2CCN(c2cccc4cccc(C)c24)C3)C[C@@H]1CC#N. The second-order valence-electron chi connectivity index (χ2n) is 13.2. The molecule has 3 atom stereocenters. The Labute approximate surface area is 271 Å². The van der Waals surface area contributed by atoms with Crippen LogP contribution in [0.3, 0.4) is 0 Å². The van der Waals surface area contributed by atoms with E-state index in [4.69, 9.17) is 9.72 Å². The van der Waals surface area contributed by atoms with Crippen LogP contribution in [0.25, 0.3) is 10.8 Å². The lowest BCUT2D eigenvalue weighted by atomic mass is 9.95. The van der Waals surface area contributed by atoms with Crippen molar-refractivity contribution in [2.24, 2.45) is 11.8 Å². The highest BCUT2D eigenvalue weighted by Crippen LogP contribution is 2.45. The number of amides is 1. The molecular formula is C37H41N7O2. The van der Waals surface area contributed by atoms with E-state index in [9.17, 15) is 15.3 Å². The summed E-state index contributed by atoms with van der Waals surface area (Å²) in [6.07, 6.45) is 4.52. The van der Waals surface area contributed by atoms with Gasteiger partial charge in [0.05, 0.1) is 43.1 Å². The largest absolute Gasteiger partial charge is 0.477 e. The quantitative estimate of drug-likeness (QED) is 0.250. The molecule has 3 fully saturated rings. The maximum Gasteiger partial charge on any atom is 0.246 e. The predicted molar refractivity (Wildman–Crippen MR) is 179 cm³/mol. The van der Waals surface area contributed by atoms with E-state index in [1.54, 1.807) is 4.90 Å². The lowest BCUT2D eigenvalue weighted by Crippen LogP contribution is -2.55. The van der Waals surface area contributed by atoms with Crippen molar-refractivity contribution in [1.82, 2.24) is 14.8 Å². The molecule has 0 radical (unpaired) electrons. The van der Waals surface area contributed by atoms with E-state index in [0.29, 0.717) is 44.2 Å². The fourth-order valence-electron chi connectivity index (χ4n) is 7.94. The first-order valence-corrected chi connectivity index (χ1v) is 16.6. The lowest BCUT2D eigenvalue weighted by molar-refractivity contribution is -0.128. The Hall–Kier alpha value is -4.60. The lowest BCUT2D eigenvalue weighted by Gasteiger charge is -2.43. The van der Waals surface area contributed by atoms with Crippen LogP contribution in [0.4, 0.5) is 11.4 Å². The van der Waals surface area contributed by atoms with Crippen LogP contribution in [0.5, 0.6) is 5.88 Å². The van der Waals surface area contributed by atoms with Crippen LogP contribution in [-0.2, 0) is 17.8 Å². The standard InChI is InChI=1S/C37H41N7O2/c1-3-34(45)44-17-16-43(23-29(44)11-13-38)36-30-12-15-42(33-10-5-9-26-8-4-7-25(2)35(26)33)24-32(30)40-37(31(36)20-39)46-18-6-14-41-21-27-19-28(27)22-41/h3-5,7-10,27-29H,1,6,11-12,14-19,21-24H2,2H3/t27?,28?,29-/m0/s1. The van der Waals surface area contributed by atoms with Crippen LogP contribution < -0.4 is 14.5 Å². The molecular weight excluding hydrogens is 574 g/mol. The first kappa shape index (κ1) is 30.1. The number of aromatic nitrogens is 1. The van der Waals surface area contributed by atoms with E-state index in [2.05, 4.69) is 76.7 Å². The van der Waals surface area contributed by atoms with Crippen molar-refractivity contribution in [3.8, 4) is 18.0 Å². The number of nitrogens with zero attached hydrogens (tertiary/aromatic N) is 7. The Kier molecular flexibility index (Phi) is 8.27. The molecule has 1 amide bonds. The molecule has 236 valence electrons. The highest BCUT2D eigenvalue weighted by atomic mass is 16.5. The number of likely N-dealkylation sites (tertiary alicyclic amines) is 1. The number of aryl methyl sites for hydroxylation is 1. The molecule has 1 saturated carbocycles. The van der Waals surface area contributed by atoms with Crippen LogP contribution in [0, 0.1) is 41.4 Å². The van der Waals surface area contributed by atoms with Gasteiger partial charge in [0.2, 0.25) is 11.8 Å².